The lowest BCUT2D eigenvalue weighted by Gasteiger charge is -2.15. The molecule has 0 radical (unpaired) electrons. The predicted octanol–water partition coefficient (Wildman–Crippen LogP) is 3.96. The summed E-state index contributed by atoms with van der Waals surface area (Å²) in [7, 11) is 0. The molecule has 0 aromatic heterocycles. The Hall–Kier alpha value is -1.13. The molecule has 1 fully saturated rings. The minimum absolute atomic E-state index is 0.0347. The molecule has 4 nitrogen and oxygen atoms in total. The summed E-state index contributed by atoms with van der Waals surface area (Å²) in [4.78, 5) is 24.4. The Morgan fingerprint density at radius 1 is 0.917 bits per heavy atom. The Labute approximate surface area is 161 Å². The molecule has 0 aliphatic carbocycles. The van der Waals surface area contributed by atoms with Crippen molar-refractivity contribution in [3.05, 3.63) is 65.6 Å². The topological polar surface area (TPSA) is 58.2 Å². The van der Waals surface area contributed by atoms with Crippen LogP contribution in [0.3, 0.4) is 0 Å². The van der Waals surface area contributed by atoms with E-state index in [1.165, 1.54) is 14.6 Å². The number of nitrogens with one attached hydrogen (secondary N) is 2. The second-order valence-electron chi connectivity index (χ2n) is 4.38. The first-order valence-corrected chi connectivity index (χ1v) is 10.5. The number of rotatable bonds is 3. The minimum atomic E-state index is -0.487. The highest BCUT2D eigenvalue weighted by Gasteiger charge is 2.24. The third-order valence-corrected chi connectivity index (χ3v) is 7.96. The predicted molar refractivity (Wildman–Crippen MR) is 110 cm³/mol. The van der Waals surface area contributed by atoms with Crippen LogP contribution in [0.5, 0.6) is 0 Å². The van der Waals surface area contributed by atoms with Gasteiger partial charge in [0.1, 0.15) is 5.57 Å². The van der Waals surface area contributed by atoms with Crippen molar-refractivity contribution in [2.24, 2.45) is 0 Å². The molecular weight excluding hydrogens is 401 g/mol. The first kappa shape index (κ1) is 17.7. The van der Waals surface area contributed by atoms with E-state index < -0.39 is 11.8 Å². The van der Waals surface area contributed by atoms with Crippen LogP contribution in [0, 0.1) is 0 Å². The molecule has 3 aliphatic rings. The summed E-state index contributed by atoms with van der Waals surface area (Å²) in [5.74, 6) is -0.974. The monoisotopic (exact) mass is 410 g/mol. The quantitative estimate of drug-likeness (QED) is 0.316. The molecule has 0 atom stereocenters. The number of hydrogen-bond acceptors (Lipinski definition) is 7. The molecule has 9 heteroatoms. The van der Waals surface area contributed by atoms with E-state index in [-0.39, 0.29) is 10.7 Å². The van der Waals surface area contributed by atoms with Gasteiger partial charge in [-0.3, -0.25) is 20.2 Å². The van der Waals surface area contributed by atoms with Crippen molar-refractivity contribution in [1.29, 1.82) is 0 Å². The van der Waals surface area contributed by atoms with Gasteiger partial charge >= 0.3 is 0 Å². The van der Waals surface area contributed by atoms with E-state index in [1.807, 2.05) is 12.2 Å². The van der Waals surface area contributed by atoms with E-state index >= 15 is 0 Å². The number of thioether (sulfide) groups is 4. The fourth-order valence-electron chi connectivity index (χ4n) is 1.73. The average Bonchev–Trinajstić information content (AvgIpc) is 3.19. The largest absolute Gasteiger partial charge is 0.299 e. The molecule has 122 valence electrons. The van der Waals surface area contributed by atoms with E-state index in [2.05, 4.69) is 26.9 Å². The minimum Gasteiger partial charge on any atom is -0.299 e. The highest BCUT2D eigenvalue weighted by atomic mass is 32.2. The van der Waals surface area contributed by atoms with Gasteiger partial charge in [0.25, 0.3) is 11.8 Å². The van der Waals surface area contributed by atoms with Crippen molar-refractivity contribution in [2.75, 3.05) is 0 Å². The summed E-state index contributed by atoms with van der Waals surface area (Å²) in [6.45, 7) is 0. The fourth-order valence-corrected chi connectivity index (χ4v) is 6.27. The molecular formula is C15H10N2O2S5. The maximum atomic E-state index is 11.6. The van der Waals surface area contributed by atoms with Crippen LogP contribution in [0.25, 0.3) is 0 Å². The molecule has 3 aliphatic heterocycles. The Balaban J connectivity index is 1.55. The maximum Gasteiger partial charge on any atom is 0.263 e. The van der Waals surface area contributed by atoms with Gasteiger partial charge in [-0.05, 0) is 40.6 Å². The van der Waals surface area contributed by atoms with E-state index in [4.69, 9.17) is 12.2 Å². The van der Waals surface area contributed by atoms with Crippen LogP contribution in [0.1, 0.15) is 0 Å². The van der Waals surface area contributed by atoms with E-state index in [1.54, 1.807) is 59.2 Å². The van der Waals surface area contributed by atoms with Crippen molar-refractivity contribution < 1.29 is 9.59 Å². The Bertz CT molecular complexity index is 758. The van der Waals surface area contributed by atoms with Gasteiger partial charge in [0.15, 0.2) is 5.11 Å². The molecule has 0 bridgehead atoms. The van der Waals surface area contributed by atoms with Crippen molar-refractivity contribution >= 4 is 76.2 Å². The highest BCUT2D eigenvalue weighted by Crippen LogP contribution is 2.53. The SMILES string of the molecule is O=C1NC(=S)NC(=O)C1=C/C=C/C=C/C1=CSC(=C2SC=CS2)S1. The van der Waals surface area contributed by atoms with Gasteiger partial charge in [-0.15, -0.1) is 0 Å². The van der Waals surface area contributed by atoms with E-state index in [0.29, 0.717) is 0 Å². The van der Waals surface area contributed by atoms with Gasteiger partial charge in [0.05, 0.1) is 8.47 Å². The summed E-state index contributed by atoms with van der Waals surface area (Å²) in [6, 6.07) is 0. The van der Waals surface area contributed by atoms with Gasteiger partial charge < -0.3 is 0 Å². The number of carbonyl (C=O) groups is 2. The average molecular weight is 411 g/mol. The van der Waals surface area contributed by atoms with Crippen LogP contribution in [0.2, 0.25) is 0 Å². The number of allylic oxidation sites excluding steroid dienone is 5. The molecule has 0 aromatic rings. The van der Waals surface area contributed by atoms with Gasteiger partial charge in [-0.1, -0.05) is 65.3 Å². The molecule has 3 rings (SSSR count). The van der Waals surface area contributed by atoms with Crippen LogP contribution < -0.4 is 10.6 Å². The van der Waals surface area contributed by atoms with Crippen molar-refractivity contribution in [3.63, 3.8) is 0 Å². The standard InChI is InChI=1S/C15H10N2O2S5/c18-11-10(12(19)17-15(20)16-11)5-3-1-2-4-9-8-23-14(24-9)13-21-6-7-22-13/h1-8H,(H2,16,17,18,19,20)/b3-1+,4-2+. The second kappa shape index (κ2) is 8.30. The highest BCUT2D eigenvalue weighted by molar-refractivity contribution is 8.33. The Kier molecular flexibility index (Phi) is 6.12. The zero-order valence-electron chi connectivity index (χ0n) is 12.0. The Morgan fingerprint density at radius 3 is 2.33 bits per heavy atom. The second-order valence-corrected chi connectivity index (χ2v) is 9.11. The van der Waals surface area contributed by atoms with Gasteiger partial charge in [0, 0.05) is 4.91 Å². The summed E-state index contributed by atoms with van der Waals surface area (Å²) < 4.78 is 2.62. The number of hydrogen-bond donors (Lipinski definition) is 2. The lowest BCUT2D eigenvalue weighted by atomic mass is 10.2. The Morgan fingerprint density at radius 2 is 1.62 bits per heavy atom. The number of amides is 2. The van der Waals surface area contributed by atoms with Crippen molar-refractivity contribution in [2.45, 2.75) is 0 Å². The summed E-state index contributed by atoms with van der Waals surface area (Å²) in [5, 5.41) is 11.1. The zero-order valence-corrected chi connectivity index (χ0v) is 16.1. The van der Waals surface area contributed by atoms with Gasteiger partial charge in [-0.2, -0.15) is 0 Å². The van der Waals surface area contributed by atoms with Crippen LogP contribution in [0.4, 0.5) is 0 Å². The third kappa shape index (κ3) is 4.48. The fraction of sp³-hybridized carbons (Fsp3) is 0. The smallest absolute Gasteiger partial charge is 0.263 e. The van der Waals surface area contributed by atoms with Gasteiger partial charge in [0.2, 0.25) is 0 Å². The molecule has 0 spiro atoms. The van der Waals surface area contributed by atoms with Crippen LogP contribution in [0.15, 0.2) is 65.6 Å². The molecule has 2 amide bonds. The molecule has 3 heterocycles. The van der Waals surface area contributed by atoms with Crippen LogP contribution in [-0.2, 0) is 9.59 Å². The number of thiocarbonyl (C=S) groups is 1. The molecule has 24 heavy (non-hydrogen) atoms. The molecule has 0 unspecified atom stereocenters. The van der Waals surface area contributed by atoms with E-state index in [9.17, 15) is 9.59 Å². The van der Waals surface area contributed by atoms with E-state index in [0.717, 1.165) is 4.91 Å². The lowest BCUT2D eigenvalue weighted by molar-refractivity contribution is -0.123. The van der Waals surface area contributed by atoms with Gasteiger partial charge in [-0.25, -0.2) is 0 Å². The zero-order chi connectivity index (χ0) is 16.9. The maximum absolute atomic E-state index is 11.6. The summed E-state index contributed by atoms with van der Waals surface area (Å²) in [6.07, 6.45) is 8.76. The molecule has 0 saturated carbocycles. The molecule has 1 saturated heterocycles. The number of carbonyl (C=O) groups excluding carboxylic acids is 2. The first-order valence-electron chi connectivity index (χ1n) is 6.62. The first-order chi connectivity index (χ1) is 11.6. The third-order valence-electron chi connectivity index (χ3n) is 2.75. The van der Waals surface area contributed by atoms with Crippen molar-refractivity contribution in [1.82, 2.24) is 10.6 Å². The van der Waals surface area contributed by atoms with Crippen molar-refractivity contribution in [3.8, 4) is 0 Å². The summed E-state index contributed by atoms with van der Waals surface area (Å²) in [5.41, 5.74) is 0.0352. The lowest BCUT2D eigenvalue weighted by Crippen LogP contribution is -2.51. The van der Waals surface area contributed by atoms with Crippen LogP contribution in [-0.4, -0.2) is 16.9 Å². The molecule has 0 aromatic carbocycles. The molecule has 2 N–H and O–H groups in total. The normalized spacial score (nSPS) is 21.1. The van der Waals surface area contributed by atoms with Crippen LogP contribution >= 0.6 is 59.3 Å². The summed E-state index contributed by atoms with van der Waals surface area (Å²) >= 11 is 11.7.